The molecule has 1 aromatic carbocycles. The van der Waals surface area contributed by atoms with Crippen molar-refractivity contribution < 1.29 is 9.90 Å². The summed E-state index contributed by atoms with van der Waals surface area (Å²) in [6, 6.07) is 7.22. The Morgan fingerprint density at radius 1 is 1.35 bits per heavy atom. The van der Waals surface area contributed by atoms with Crippen LogP contribution < -0.4 is 5.32 Å². The number of benzene rings is 1. The zero-order valence-electron chi connectivity index (χ0n) is 14.1. The van der Waals surface area contributed by atoms with Gasteiger partial charge in [0.05, 0.1) is 5.41 Å². The molecule has 0 radical (unpaired) electrons. The van der Waals surface area contributed by atoms with Gasteiger partial charge in [-0.2, -0.15) is 0 Å². The fourth-order valence-electron chi connectivity index (χ4n) is 3.64. The van der Waals surface area contributed by atoms with Gasteiger partial charge in [-0.1, -0.05) is 19.1 Å². The molecular weight excluding hydrogens is 288 g/mol. The van der Waals surface area contributed by atoms with Crippen molar-refractivity contribution in [3.63, 3.8) is 0 Å². The van der Waals surface area contributed by atoms with E-state index in [9.17, 15) is 9.90 Å². The quantitative estimate of drug-likeness (QED) is 0.848. The van der Waals surface area contributed by atoms with Crippen molar-refractivity contribution in [2.75, 3.05) is 26.2 Å². The molecule has 1 aromatic rings. The number of amides is 1. The highest BCUT2D eigenvalue weighted by atomic mass is 16.3. The zero-order valence-corrected chi connectivity index (χ0v) is 14.1. The molecule has 1 saturated carbocycles. The number of phenolic OH excluding ortho intramolecular Hbond substituents is 1. The molecule has 3 rings (SSSR count). The average Bonchev–Trinajstić information content (AvgIpc) is 3.31. The fraction of sp³-hybridized carbons (Fsp3) is 0.632. The second kappa shape index (κ2) is 6.91. The lowest BCUT2D eigenvalue weighted by Crippen LogP contribution is -2.42. The van der Waals surface area contributed by atoms with Crippen molar-refractivity contribution in [3.05, 3.63) is 29.8 Å². The number of piperidine rings is 1. The van der Waals surface area contributed by atoms with Crippen LogP contribution in [0.4, 0.5) is 0 Å². The highest BCUT2D eigenvalue weighted by Gasteiger charge is 2.49. The number of hydrogen-bond acceptors (Lipinski definition) is 3. The van der Waals surface area contributed by atoms with Gasteiger partial charge in [-0.3, -0.25) is 4.79 Å². The molecule has 2 aliphatic rings. The average molecular weight is 316 g/mol. The fourth-order valence-corrected chi connectivity index (χ4v) is 3.64. The smallest absolute Gasteiger partial charge is 0.226 e. The summed E-state index contributed by atoms with van der Waals surface area (Å²) < 4.78 is 0. The summed E-state index contributed by atoms with van der Waals surface area (Å²) in [5.74, 6) is 1.26. The summed E-state index contributed by atoms with van der Waals surface area (Å²) in [5.41, 5.74) is 0.923. The first-order valence-corrected chi connectivity index (χ1v) is 8.86. The lowest BCUT2D eigenvalue weighted by molar-refractivity contribution is -0.126. The summed E-state index contributed by atoms with van der Waals surface area (Å²) >= 11 is 0. The standard InChI is InChI=1S/C19H28N2O2/c1-15-3-2-11-21(14-15)12-10-20-18(23)19(8-9-19)13-16-4-6-17(22)7-5-16/h4-7,15,22H,2-3,8-14H2,1H3,(H,20,23). The number of phenols is 1. The molecular formula is C19H28N2O2. The van der Waals surface area contributed by atoms with Crippen LogP contribution in [-0.2, 0) is 11.2 Å². The zero-order chi connectivity index (χ0) is 16.3. The number of carbonyl (C=O) groups is 1. The van der Waals surface area contributed by atoms with E-state index in [0.717, 1.165) is 50.4 Å². The first kappa shape index (κ1) is 16.3. The molecule has 0 spiro atoms. The molecule has 126 valence electrons. The summed E-state index contributed by atoms with van der Waals surface area (Å²) in [6.07, 6.45) is 5.33. The van der Waals surface area contributed by atoms with Crippen LogP contribution in [0.2, 0.25) is 0 Å². The van der Waals surface area contributed by atoms with Crippen molar-refractivity contribution in [1.82, 2.24) is 10.2 Å². The number of aromatic hydroxyl groups is 1. The van der Waals surface area contributed by atoms with Gasteiger partial charge in [-0.15, -0.1) is 0 Å². The van der Waals surface area contributed by atoms with Gasteiger partial charge in [0, 0.05) is 19.6 Å². The van der Waals surface area contributed by atoms with Crippen LogP contribution in [0, 0.1) is 11.3 Å². The number of rotatable bonds is 6. The molecule has 23 heavy (non-hydrogen) atoms. The molecule has 1 atom stereocenters. The number of hydrogen-bond donors (Lipinski definition) is 2. The number of nitrogens with zero attached hydrogens (tertiary/aromatic N) is 1. The van der Waals surface area contributed by atoms with Crippen molar-refractivity contribution in [2.45, 2.75) is 39.0 Å². The predicted molar refractivity (Wildman–Crippen MR) is 91.3 cm³/mol. The van der Waals surface area contributed by atoms with E-state index < -0.39 is 0 Å². The van der Waals surface area contributed by atoms with Crippen LogP contribution in [0.3, 0.4) is 0 Å². The van der Waals surface area contributed by atoms with Crippen LogP contribution >= 0.6 is 0 Å². The van der Waals surface area contributed by atoms with Gasteiger partial charge in [0.1, 0.15) is 5.75 Å². The van der Waals surface area contributed by atoms with E-state index in [1.54, 1.807) is 12.1 Å². The predicted octanol–water partition coefficient (Wildman–Crippen LogP) is 2.56. The number of likely N-dealkylation sites (tertiary alicyclic amines) is 1. The maximum Gasteiger partial charge on any atom is 0.226 e. The minimum atomic E-state index is -0.202. The summed E-state index contributed by atoms with van der Waals surface area (Å²) in [7, 11) is 0. The van der Waals surface area contributed by atoms with E-state index in [1.807, 2.05) is 12.1 Å². The largest absolute Gasteiger partial charge is 0.508 e. The van der Waals surface area contributed by atoms with Gasteiger partial charge in [0.25, 0.3) is 0 Å². The summed E-state index contributed by atoms with van der Waals surface area (Å²) in [5, 5.41) is 12.5. The van der Waals surface area contributed by atoms with Gasteiger partial charge >= 0.3 is 0 Å². The Morgan fingerprint density at radius 2 is 2.09 bits per heavy atom. The van der Waals surface area contributed by atoms with Gasteiger partial charge < -0.3 is 15.3 Å². The van der Waals surface area contributed by atoms with Crippen molar-refractivity contribution in [3.8, 4) is 5.75 Å². The first-order chi connectivity index (χ1) is 11.1. The molecule has 2 fully saturated rings. The molecule has 1 heterocycles. The molecule has 1 saturated heterocycles. The lowest BCUT2D eigenvalue weighted by atomic mass is 9.95. The molecule has 2 N–H and O–H groups in total. The van der Waals surface area contributed by atoms with Gasteiger partial charge in [-0.05, 0) is 62.3 Å². The van der Waals surface area contributed by atoms with E-state index in [1.165, 1.54) is 19.4 Å². The van der Waals surface area contributed by atoms with Crippen LogP contribution in [0.5, 0.6) is 5.75 Å². The Labute approximate surface area is 138 Å². The van der Waals surface area contributed by atoms with Crippen molar-refractivity contribution in [1.29, 1.82) is 0 Å². The summed E-state index contributed by atoms with van der Waals surface area (Å²) in [6.45, 7) is 6.35. The highest BCUT2D eigenvalue weighted by molar-refractivity contribution is 5.85. The van der Waals surface area contributed by atoms with E-state index in [4.69, 9.17) is 0 Å². The van der Waals surface area contributed by atoms with Crippen LogP contribution in [-0.4, -0.2) is 42.1 Å². The number of nitrogens with one attached hydrogen (secondary N) is 1. The lowest BCUT2D eigenvalue weighted by Gasteiger charge is -2.30. The molecule has 4 heteroatoms. The molecule has 1 unspecified atom stereocenters. The Balaban J connectivity index is 1.45. The molecule has 0 bridgehead atoms. The molecule has 4 nitrogen and oxygen atoms in total. The van der Waals surface area contributed by atoms with Gasteiger partial charge in [0.15, 0.2) is 0 Å². The third-order valence-corrected chi connectivity index (χ3v) is 5.27. The SMILES string of the molecule is CC1CCCN(CCNC(=O)C2(Cc3ccc(O)cc3)CC2)C1. The molecule has 1 amide bonds. The van der Waals surface area contributed by atoms with Crippen molar-refractivity contribution in [2.24, 2.45) is 11.3 Å². The minimum Gasteiger partial charge on any atom is -0.508 e. The van der Waals surface area contributed by atoms with Crippen molar-refractivity contribution >= 4 is 5.91 Å². The normalized spacial score (nSPS) is 23.4. The minimum absolute atomic E-state index is 0.202. The molecule has 0 aromatic heterocycles. The second-order valence-electron chi connectivity index (χ2n) is 7.43. The Morgan fingerprint density at radius 3 is 2.74 bits per heavy atom. The highest BCUT2D eigenvalue weighted by Crippen LogP contribution is 2.48. The maximum atomic E-state index is 12.5. The third kappa shape index (κ3) is 4.25. The Bertz CT molecular complexity index is 537. The second-order valence-corrected chi connectivity index (χ2v) is 7.43. The van der Waals surface area contributed by atoms with Crippen LogP contribution in [0.25, 0.3) is 0 Å². The topological polar surface area (TPSA) is 52.6 Å². The monoisotopic (exact) mass is 316 g/mol. The maximum absolute atomic E-state index is 12.5. The van der Waals surface area contributed by atoms with E-state index in [0.29, 0.717) is 0 Å². The van der Waals surface area contributed by atoms with E-state index in [-0.39, 0.29) is 17.1 Å². The van der Waals surface area contributed by atoms with Gasteiger partial charge in [0.2, 0.25) is 5.91 Å². The number of carbonyl (C=O) groups excluding carboxylic acids is 1. The summed E-state index contributed by atoms with van der Waals surface area (Å²) in [4.78, 5) is 15.0. The molecule has 1 aliphatic heterocycles. The third-order valence-electron chi connectivity index (χ3n) is 5.27. The first-order valence-electron chi connectivity index (χ1n) is 8.86. The Kier molecular flexibility index (Phi) is 4.90. The van der Waals surface area contributed by atoms with Crippen LogP contribution in [0.1, 0.15) is 38.2 Å². The van der Waals surface area contributed by atoms with Crippen LogP contribution in [0.15, 0.2) is 24.3 Å². The Hall–Kier alpha value is -1.55. The molecule has 1 aliphatic carbocycles. The van der Waals surface area contributed by atoms with Gasteiger partial charge in [-0.25, -0.2) is 0 Å². The van der Waals surface area contributed by atoms with E-state index >= 15 is 0 Å². The van der Waals surface area contributed by atoms with E-state index in [2.05, 4.69) is 17.1 Å².